The molecule has 0 aromatic heterocycles. The Morgan fingerprint density at radius 2 is 1.76 bits per heavy atom. The van der Waals surface area contributed by atoms with Crippen LogP contribution in [0.5, 0.6) is 0 Å². The van der Waals surface area contributed by atoms with Crippen molar-refractivity contribution in [2.75, 3.05) is 32.7 Å². The number of piperazine rings is 1. The lowest BCUT2D eigenvalue weighted by Gasteiger charge is -2.40. The third-order valence-electron chi connectivity index (χ3n) is 5.61. The average molecular weight is 341 g/mol. The summed E-state index contributed by atoms with van der Waals surface area (Å²) in [6.07, 6.45) is 3.98. The van der Waals surface area contributed by atoms with Gasteiger partial charge in [0.2, 0.25) is 5.91 Å². The molecule has 1 heterocycles. The largest absolute Gasteiger partial charge is 0.387 e. The molecule has 0 spiro atoms. The van der Waals surface area contributed by atoms with Gasteiger partial charge in [0.05, 0.1) is 12.2 Å². The highest BCUT2D eigenvalue weighted by molar-refractivity contribution is 5.85. The van der Waals surface area contributed by atoms with E-state index in [0.717, 1.165) is 37.9 Å². The fourth-order valence-corrected chi connectivity index (χ4v) is 3.99. The summed E-state index contributed by atoms with van der Waals surface area (Å²) in [7, 11) is 0. The molecule has 1 saturated carbocycles. The third-order valence-corrected chi connectivity index (χ3v) is 5.61. The maximum atomic E-state index is 12.9. The summed E-state index contributed by atoms with van der Waals surface area (Å²) in [5, 5.41) is 20.0. The van der Waals surface area contributed by atoms with Gasteiger partial charge in [-0.2, -0.15) is 5.26 Å². The summed E-state index contributed by atoms with van der Waals surface area (Å²) in [4.78, 5) is 16.9. The molecular formula is C20H27N3O2. The molecule has 1 amide bonds. The van der Waals surface area contributed by atoms with Crippen molar-refractivity contribution in [3.05, 3.63) is 35.9 Å². The molecule has 2 aliphatic rings. The van der Waals surface area contributed by atoms with Crippen LogP contribution in [-0.4, -0.2) is 53.5 Å². The number of aliphatic hydroxyl groups excluding tert-OH is 1. The topological polar surface area (TPSA) is 67.6 Å². The number of aliphatic hydroxyl groups is 1. The number of benzene rings is 1. The van der Waals surface area contributed by atoms with Gasteiger partial charge in [0.1, 0.15) is 5.41 Å². The summed E-state index contributed by atoms with van der Waals surface area (Å²) in [5.74, 6) is 0.0259. The molecule has 1 aromatic rings. The summed E-state index contributed by atoms with van der Waals surface area (Å²) in [6, 6.07) is 12.0. The van der Waals surface area contributed by atoms with Gasteiger partial charge in [-0.1, -0.05) is 49.6 Å². The number of hydrogen-bond acceptors (Lipinski definition) is 4. The number of carbonyl (C=O) groups is 1. The van der Waals surface area contributed by atoms with E-state index in [4.69, 9.17) is 0 Å². The fraction of sp³-hybridized carbons (Fsp3) is 0.600. The Kier molecular flexibility index (Phi) is 5.72. The van der Waals surface area contributed by atoms with Crippen molar-refractivity contribution in [1.29, 1.82) is 5.26 Å². The monoisotopic (exact) mass is 341 g/mol. The van der Waals surface area contributed by atoms with Crippen LogP contribution in [0.15, 0.2) is 30.3 Å². The first-order valence-electron chi connectivity index (χ1n) is 9.31. The van der Waals surface area contributed by atoms with Crippen molar-refractivity contribution < 1.29 is 9.90 Å². The molecule has 1 aromatic carbocycles. The third kappa shape index (κ3) is 4.02. The van der Waals surface area contributed by atoms with Crippen LogP contribution in [0, 0.1) is 16.7 Å². The quantitative estimate of drug-likeness (QED) is 0.913. The Hall–Kier alpha value is -1.90. The minimum absolute atomic E-state index is 0.0259. The molecule has 1 aliphatic carbocycles. The molecule has 1 saturated heterocycles. The van der Waals surface area contributed by atoms with Crippen molar-refractivity contribution in [3.63, 3.8) is 0 Å². The molecule has 1 aliphatic heterocycles. The van der Waals surface area contributed by atoms with Crippen LogP contribution >= 0.6 is 0 Å². The van der Waals surface area contributed by atoms with E-state index in [1.165, 1.54) is 0 Å². The lowest BCUT2D eigenvalue weighted by Crippen LogP contribution is -2.53. The van der Waals surface area contributed by atoms with Gasteiger partial charge in [-0.15, -0.1) is 0 Å². The number of rotatable bonds is 4. The number of carbonyl (C=O) groups excluding carboxylic acids is 1. The molecule has 1 atom stereocenters. The number of amides is 1. The summed E-state index contributed by atoms with van der Waals surface area (Å²) in [6.45, 7) is 3.36. The minimum atomic E-state index is -0.788. The van der Waals surface area contributed by atoms with Crippen LogP contribution in [0.1, 0.15) is 43.8 Å². The molecule has 1 N–H and O–H groups in total. The Morgan fingerprint density at radius 3 is 2.36 bits per heavy atom. The number of nitriles is 1. The molecule has 2 fully saturated rings. The second kappa shape index (κ2) is 7.99. The van der Waals surface area contributed by atoms with Crippen molar-refractivity contribution in [3.8, 4) is 6.07 Å². The SMILES string of the molecule is N#CC1(C(=O)N2CCN(CC(O)c3ccccc3)CC2)CCCCC1. The van der Waals surface area contributed by atoms with E-state index in [9.17, 15) is 15.2 Å². The zero-order valence-electron chi connectivity index (χ0n) is 14.7. The Morgan fingerprint density at radius 1 is 1.12 bits per heavy atom. The Bertz CT molecular complexity index is 612. The van der Waals surface area contributed by atoms with Gasteiger partial charge in [0.15, 0.2) is 0 Å². The minimum Gasteiger partial charge on any atom is -0.387 e. The lowest BCUT2D eigenvalue weighted by molar-refractivity contribution is -0.142. The Balaban J connectivity index is 1.53. The van der Waals surface area contributed by atoms with Crippen LogP contribution in [0.25, 0.3) is 0 Å². The predicted molar refractivity (Wildman–Crippen MR) is 95.6 cm³/mol. The smallest absolute Gasteiger partial charge is 0.243 e. The number of nitrogens with zero attached hydrogens (tertiary/aromatic N) is 3. The van der Waals surface area contributed by atoms with E-state index in [1.54, 1.807) is 0 Å². The predicted octanol–water partition coefficient (Wildman–Crippen LogP) is 2.34. The summed E-state index contributed by atoms with van der Waals surface area (Å²) in [5.41, 5.74) is 0.135. The second-order valence-corrected chi connectivity index (χ2v) is 7.27. The molecule has 134 valence electrons. The first-order valence-corrected chi connectivity index (χ1v) is 9.31. The Labute approximate surface area is 149 Å². The molecule has 1 unspecified atom stereocenters. The first kappa shape index (κ1) is 17.9. The molecule has 25 heavy (non-hydrogen) atoms. The lowest BCUT2D eigenvalue weighted by atomic mass is 9.74. The zero-order chi connectivity index (χ0) is 17.7. The van der Waals surface area contributed by atoms with Crippen molar-refractivity contribution in [2.45, 2.75) is 38.2 Å². The molecule has 0 radical (unpaired) electrons. The van der Waals surface area contributed by atoms with Gasteiger partial charge < -0.3 is 10.0 Å². The van der Waals surface area contributed by atoms with Gasteiger partial charge in [-0.3, -0.25) is 9.69 Å². The van der Waals surface area contributed by atoms with Crippen LogP contribution in [0.3, 0.4) is 0 Å². The first-order chi connectivity index (χ1) is 12.1. The molecule has 5 heteroatoms. The number of β-amino-alcohol motifs (C(OH)–C–C–N with tert-alkyl or cyclic N) is 1. The fourth-order valence-electron chi connectivity index (χ4n) is 3.99. The normalized spacial score (nSPS) is 22.2. The van der Waals surface area contributed by atoms with E-state index >= 15 is 0 Å². The molecule has 5 nitrogen and oxygen atoms in total. The van der Waals surface area contributed by atoms with Gasteiger partial charge in [-0.25, -0.2) is 0 Å². The van der Waals surface area contributed by atoms with E-state index in [1.807, 2.05) is 35.2 Å². The molecular weight excluding hydrogens is 314 g/mol. The molecule has 0 bridgehead atoms. The second-order valence-electron chi connectivity index (χ2n) is 7.27. The maximum absolute atomic E-state index is 12.9. The van der Waals surface area contributed by atoms with E-state index in [2.05, 4.69) is 11.0 Å². The average Bonchev–Trinajstić information content (AvgIpc) is 2.69. The van der Waals surface area contributed by atoms with Crippen molar-refractivity contribution >= 4 is 5.91 Å². The highest BCUT2D eigenvalue weighted by atomic mass is 16.3. The van der Waals surface area contributed by atoms with Gasteiger partial charge in [-0.05, 0) is 18.4 Å². The molecule has 3 rings (SSSR count). The standard InChI is InChI=1S/C20H27N3O2/c21-16-20(9-5-2-6-10-20)19(25)23-13-11-22(12-14-23)15-18(24)17-7-3-1-4-8-17/h1,3-4,7-8,18,24H,2,5-6,9-15H2. The van der Waals surface area contributed by atoms with E-state index < -0.39 is 11.5 Å². The van der Waals surface area contributed by atoms with Crippen LogP contribution in [-0.2, 0) is 4.79 Å². The van der Waals surface area contributed by atoms with E-state index in [0.29, 0.717) is 32.5 Å². The van der Waals surface area contributed by atoms with Gasteiger partial charge in [0.25, 0.3) is 0 Å². The van der Waals surface area contributed by atoms with Crippen molar-refractivity contribution in [1.82, 2.24) is 9.80 Å². The van der Waals surface area contributed by atoms with Gasteiger partial charge in [0, 0.05) is 32.7 Å². The van der Waals surface area contributed by atoms with Crippen LogP contribution in [0.2, 0.25) is 0 Å². The zero-order valence-corrected chi connectivity index (χ0v) is 14.7. The van der Waals surface area contributed by atoms with Gasteiger partial charge >= 0.3 is 0 Å². The summed E-state index contributed by atoms with van der Waals surface area (Å²) >= 11 is 0. The highest BCUT2D eigenvalue weighted by Crippen LogP contribution is 2.37. The van der Waals surface area contributed by atoms with Crippen LogP contribution in [0.4, 0.5) is 0 Å². The maximum Gasteiger partial charge on any atom is 0.243 e. The van der Waals surface area contributed by atoms with E-state index in [-0.39, 0.29) is 5.91 Å². The van der Waals surface area contributed by atoms with Crippen LogP contribution < -0.4 is 0 Å². The summed E-state index contributed by atoms with van der Waals surface area (Å²) < 4.78 is 0. The highest BCUT2D eigenvalue weighted by Gasteiger charge is 2.43. The van der Waals surface area contributed by atoms with Crippen molar-refractivity contribution in [2.24, 2.45) is 5.41 Å². The number of hydrogen-bond donors (Lipinski definition) is 1.